The molecule has 3 aromatic carbocycles. The van der Waals surface area contributed by atoms with Crippen molar-refractivity contribution in [2.75, 3.05) is 0 Å². The van der Waals surface area contributed by atoms with Crippen LogP contribution >= 0.6 is 7.92 Å². The van der Waals surface area contributed by atoms with Gasteiger partial charge in [0, 0.05) is 0 Å². The minimum atomic E-state index is -1.63. The van der Waals surface area contributed by atoms with Crippen LogP contribution < -0.4 is 13.2 Å². The molecule has 0 nitrogen and oxygen atoms in total. The van der Waals surface area contributed by atoms with Gasteiger partial charge in [0.15, 0.2) is 0 Å². The molecule has 4 rings (SSSR count). The molecule has 1 fully saturated rings. The maximum absolute atomic E-state index is 2.40. The summed E-state index contributed by atoms with van der Waals surface area (Å²) in [5.41, 5.74) is 2.69. The Balaban J connectivity index is 0.000000324. The van der Waals surface area contributed by atoms with E-state index in [4.69, 9.17) is 0 Å². The van der Waals surface area contributed by atoms with Crippen LogP contribution in [0.15, 0.2) is 91.0 Å². The fraction of sp³-hybridized carbons (Fsp3) is 0.500. The van der Waals surface area contributed by atoms with Crippen LogP contribution in [0.5, 0.6) is 0 Å². The Morgan fingerprint density at radius 2 is 0.897 bits per heavy atom. The predicted molar refractivity (Wildman–Crippen MR) is 178 cm³/mol. The molecule has 0 spiro atoms. The average Bonchev–Trinajstić information content (AvgIpc) is 3.46. The van der Waals surface area contributed by atoms with Crippen LogP contribution in [0.25, 0.3) is 0 Å². The quantitative estimate of drug-likeness (QED) is 0.158. The van der Waals surface area contributed by atoms with E-state index in [0.29, 0.717) is 0 Å². The third-order valence-corrected chi connectivity index (χ3v) is 17.1. The number of hydrogen-bond acceptors (Lipinski definition) is 0. The molecule has 0 aromatic heterocycles. The molecule has 1 atom stereocenters. The molecular formula is C36H54GeOsP+. The predicted octanol–water partition coefficient (Wildman–Crippen LogP) is 9.12. The summed E-state index contributed by atoms with van der Waals surface area (Å²) in [6, 6.07) is 32.8. The molecule has 0 N–H and O–H groups in total. The zero-order valence-electron chi connectivity index (χ0n) is 25.9. The normalized spacial score (nSPS) is 14.1. The van der Waals surface area contributed by atoms with Gasteiger partial charge in [0.2, 0.25) is 0 Å². The fourth-order valence-electron chi connectivity index (χ4n) is 5.96. The number of hydrogen-bond donors (Lipinski definition) is 0. The first-order valence-corrected chi connectivity index (χ1v) is 19.8. The van der Waals surface area contributed by atoms with Gasteiger partial charge in [0.05, 0.1) is 0 Å². The molecule has 1 unspecified atom stereocenters. The van der Waals surface area contributed by atoms with Crippen LogP contribution in [0.3, 0.4) is 0 Å². The van der Waals surface area contributed by atoms with Crippen molar-refractivity contribution >= 4 is 35.5 Å². The summed E-state index contributed by atoms with van der Waals surface area (Å²) in [4.78, 5) is 0. The van der Waals surface area contributed by atoms with Gasteiger partial charge >= 0.3 is 138 Å². The first-order chi connectivity index (χ1) is 18.3. The summed E-state index contributed by atoms with van der Waals surface area (Å²) in [5, 5.41) is 0. The van der Waals surface area contributed by atoms with E-state index >= 15 is 0 Å². The van der Waals surface area contributed by atoms with E-state index in [1.807, 2.05) is 0 Å². The van der Waals surface area contributed by atoms with Crippen molar-refractivity contribution in [1.82, 2.24) is 0 Å². The second-order valence-corrected chi connectivity index (χ2v) is 20.8. The van der Waals surface area contributed by atoms with Crippen molar-refractivity contribution in [1.29, 1.82) is 0 Å². The SMILES string of the molecule is CC(C)P(C(C)C)C(C)C.CCC(C)C1CCCC1.[Os+].c1cc[c]([Ge]([c]2ccccc2)[c]2ccccc2)cc1. The van der Waals surface area contributed by atoms with Crippen LogP contribution in [0, 0.1) is 11.8 Å². The molecule has 2 radical (unpaired) electrons. The summed E-state index contributed by atoms with van der Waals surface area (Å²) in [7, 11) is 0.262. The molecule has 0 amide bonds. The van der Waals surface area contributed by atoms with Crippen molar-refractivity contribution in [3.63, 3.8) is 0 Å². The molecule has 0 bridgehead atoms. The van der Waals surface area contributed by atoms with E-state index in [9.17, 15) is 0 Å². The van der Waals surface area contributed by atoms with Gasteiger partial charge in [-0.15, -0.1) is 0 Å². The van der Waals surface area contributed by atoms with Gasteiger partial charge < -0.3 is 0 Å². The molecule has 0 saturated heterocycles. The first kappa shape index (κ1) is 36.3. The monoisotopic (exact) mass is 783 g/mol. The Morgan fingerprint density at radius 3 is 1.13 bits per heavy atom. The standard InChI is InChI=1S/C18H15Ge.C9H21P.C9H18.Os/c1-4-10-16(11-5-1)19(17-12-6-2-7-13-17)18-14-8-3-9-15-18;1-7(2)10(8(3)4)9(5)6;1-3-8(2)9-6-4-5-7-9;/h1-15H;7-9H,1-6H3;8-9H,3-7H2,1-2H3;/q;;;+1. The molecule has 3 aromatic rings. The topological polar surface area (TPSA) is 0 Å². The van der Waals surface area contributed by atoms with Crippen LogP contribution in [0.1, 0.15) is 87.5 Å². The van der Waals surface area contributed by atoms with Gasteiger partial charge in [-0.2, -0.15) is 0 Å². The Kier molecular flexibility index (Phi) is 18.8. The first-order valence-electron chi connectivity index (χ1n) is 15.1. The Hall–Kier alpha value is -0.731. The Morgan fingerprint density at radius 1 is 0.590 bits per heavy atom. The van der Waals surface area contributed by atoms with Gasteiger partial charge in [-0.1, -0.05) is 95.4 Å². The molecule has 214 valence electrons. The van der Waals surface area contributed by atoms with Crippen molar-refractivity contribution in [2.45, 2.75) is 104 Å². The minimum absolute atomic E-state index is 0. The summed E-state index contributed by atoms with van der Waals surface area (Å²) < 4.78 is 4.50. The Labute approximate surface area is 261 Å². The summed E-state index contributed by atoms with van der Waals surface area (Å²) in [6.45, 7) is 18.8. The zero-order valence-corrected chi connectivity index (χ0v) is 31.4. The molecule has 39 heavy (non-hydrogen) atoms. The van der Waals surface area contributed by atoms with E-state index < -0.39 is 14.3 Å². The van der Waals surface area contributed by atoms with Gasteiger partial charge in [-0.05, 0) is 28.8 Å². The van der Waals surface area contributed by atoms with Gasteiger partial charge in [0.25, 0.3) is 0 Å². The summed E-state index contributed by atoms with van der Waals surface area (Å²) in [5.74, 6) is 2.07. The maximum atomic E-state index is 2.40. The zero-order chi connectivity index (χ0) is 27.9. The van der Waals surface area contributed by atoms with Gasteiger partial charge in [-0.3, -0.25) is 0 Å². The fourth-order valence-corrected chi connectivity index (χ4v) is 14.9. The van der Waals surface area contributed by atoms with Gasteiger partial charge in [0.1, 0.15) is 0 Å². The third kappa shape index (κ3) is 12.8. The van der Waals surface area contributed by atoms with E-state index in [-0.39, 0.29) is 27.7 Å². The van der Waals surface area contributed by atoms with E-state index in [2.05, 4.69) is 146 Å². The summed E-state index contributed by atoms with van der Waals surface area (Å²) in [6.07, 6.45) is 7.39. The second kappa shape index (κ2) is 20.2. The van der Waals surface area contributed by atoms with Crippen molar-refractivity contribution < 1.29 is 19.8 Å². The van der Waals surface area contributed by atoms with E-state index in [0.717, 1.165) is 28.8 Å². The molecule has 3 heteroatoms. The van der Waals surface area contributed by atoms with E-state index in [1.54, 1.807) is 0 Å². The molecule has 1 aliphatic carbocycles. The van der Waals surface area contributed by atoms with Crippen LogP contribution in [0.2, 0.25) is 0 Å². The van der Waals surface area contributed by atoms with Crippen molar-refractivity contribution in [2.24, 2.45) is 11.8 Å². The number of rotatable bonds is 8. The average molecular weight is 781 g/mol. The van der Waals surface area contributed by atoms with Gasteiger partial charge in [-0.25, -0.2) is 0 Å². The number of benzene rings is 3. The van der Waals surface area contributed by atoms with Crippen molar-refractivity contribution in [3.8, 4) is 0 Å². The molecule has 1 saturated carbocycles. The van der Waals surface area contributed by atoms with Crippen LogP contribution in [-0.2, 0) is 19.8 Å². The van der Waals surface area contributed by atoms with Crippen molar-refractivity contribution in [3.05, 3.63) is 91.0 Å². The van der Waals surface area contributed by atoms with Crippen LogP contribution in [-0.4, -0.2) is 31.3 Å². The van der Waals surface area contributed by atoms with E-state index in [1.165, 1.54) is 45.3 Å². The molecular weight excluding hydrogens is 726 g/mol. The molecule has 1 aliphatic rings. The second-order valence-electron chi connectivity index (χ2n) is 11.6. The van der Waals surface area contributed by atoms with Crippen LogP contribution in [0.4, 0.5) is 0 Å². The molecule has 0 aliphatic heterocycles. The Bertz CT molecular complexity index is 856. The third-order valence-electron chi connectivity index (χ3n) is 7.82. The molecule has 0 heterocycles. The summed E-state index contributed by atoms with van der Waals surface area (Å²) >= 11 is -1.63.